The standard InChI is InChI=1S/C24H26N4O2/c29-23(25-16-21(27-12-4-5-13-27)17-7-2-1-3-8-17)18-10-11-19-20(15-18)26-22-9-6-14-28(22)24(19)30/h1-3,7-8,10-11,15,21H,4-6,9,12-14,16H2,(H,25,29)/t21-/m0/s1. The van der Waals surface area contributed by atoms with Gasteiger partial charge in [0.05, 0.1) is 16.9 Å². The smallest absolute Gasteiger partial charge is 0.261 e. The number of aromatic nitrogens is 2. The van der Waals surface area contributed by atoms with Crippen molar-refractivity contribution < 1.29 is 4.79 Å². The topological polar surface area (TPSA) is 67.2 Å². The zero-order valence-electron chi connectivity index (χ0n) is 17.0. The zero-order valence-corrected chi connectivity index (χ0v) is 17.0. The van der Waals surface area contributed by atoms with E-state index in [1.165, 1.54) is 18.4 Å². The van der Waals surface area contributed by atoms with E-state index in [9.17, 15) is 9.59 Å². The summed E-state index contributed by atoms with van der Waals surface area (Å²) in [5, 5.41) is 3.69. The van der Waals surface area contributed by atoms with Crippen LogP contribution in [0.3, 0.4) is 0 Å². The molecule has 1 atom stereocenters. The Labute approximate surface area is 175 Å². The number of benzene rings is 2. The Kier molecular flexibility index (Phi) is 5.09. The SMILES string of the molecule is O=C(NC[C@@H](c1ccccc1)N1CCCC1)c1ccc2c(=O)n3c(nc2c1)CCC3. The van der Waals surface area contributed by atoms with Crippen LogP contribution in [0.1, 0.15) is 47.1 Å². The average molecular weight is 402 g/mol. The molecule has 0 bridgehead atoms. The molecule has 1 aromatic heterocycles. The first-order valence-electron chi connectivity index (χ1n) is 10.8. The van der Waals surface area contributed by atoms with E-state index in [2.05, 4.69) is 27.3 Å². The molecule has 1 amide bonds. The number of rotatable bonds is 5. The molecule has 6 heteroatoms. The summed E-state index contributed by atoms with van der Waals surface area (Å²) >= 11 is 0. The second-order valence-electron chi connectivity index (χ2n) is 8.20. The molecule has 154 valence electrons. The number of fused-ring (bicyclic) bond motifs is 2. The molecule has 1 N–H and O–H groups in total. The molecule has 1 fully saturated rings. The highest BCUT2D eigenvalue weighted by Gasteiger charge is 2.24. The van der Waals surface area contributed by atoms with Crippen LogP contribution in [-0.4, -0.2) is 40.0 Å². The minimum atomic E-state index is -0.126. The molecule has 0 spiro atoms. The van der Waals surface area contributed by atoms with E-state index in [1.807, 2.05) is 18.2 Å². The third-order valence-corrected chi connectivity index (χ3v) is 6.30. The molecule has 1 saturated heterocycles. The van der Waals surface area contributed by atoms with Gasteiger partial charge in [0.1, 0.15) is 5.82 Å². The van der Waals surface area contributed by atoms with Gasteiger partial charge in [0, 0.05) is 25.1 Å². The van der Waals surface area contributed by atoms with Gasteiger partial charge in [-0.05, 0) is 56.1 Å². The molecular weight excluding hydrogens is 376 g/mol. The minimum Gasteiger partial charge on any atom is -0.350 e. The molecule has 3 aromatic rings. The number of hydrogen-bond acceptors (Lipinski definition) is 4. The summed E-state index contributed by atoms with van der Waals surface area (Å²) in [5.74, 6) is 0.697. The normalized spacial score (nSPS) is 17.2. The van der Waals surface area contributed by atoms with E-state index in [4.69, 9.17) is 0 Å². The van der Waals surface area contributed by atoms with E-state index in [1.54, 1.807) is 22.8 Å². The maximum absolute atomic E-state index is 12.9. The molecule has 3 heterocycles. The molecule has 30 heavy (non-hydrogen) atoms. The summed E-state index contributed by atoms with van der Waals surface area (Å²) in [6, 6.07) is 15.8. The van der Waals surface area contributed by atoms with E-state index >= 15 is 0 Å². The number of carbonyl (C=O) groups is 1. The third-order valence-electron chi connectivity index (χ3n) is 6.30. The number of nitrogens with zero attached hydrogens (tertiary/aromatic N) is 3. The first-order valence-corrected chi connectivity index (χ1v) is 10.8. The van der Waals surface area contributed by atoms with Gasteiger partial charge >= 0.3 is 0 Å². The first-order chi connectivity index (χ1) is 14.7. The van der Waals surface area contributed by atoms with E-state index in [-0.39, 0.29) is 17.5 Å². The summed E-state index contributed by atoms with van der Waals surface area (Å²) in [6.07, 6.45) is 4.17. The van der Waals surface area contributed by atoms with Crippen molar-refractivity contribution in [2.45, 2.75) is 38.3 Å². The van der Waals surface area contributed by atoms with Gasteiger partial charge in [-0.15, -0.1) is 0 Å². The molecular formula is C24H26N4O2. The highest BCUT2D eigenvalue weighted by atomic mass is 16.1. The van der Waals surface area contributed by atoms with Crippen LogP contribution in [0.2, 0.25) is 0 Å². The molecule has 2 aromatic carbocycles. The second-order valence-corrected chi connectivity index (χ2v) is 8.20. The van der Waals surface area contributed by atoms with Gasteiger partial charge in [0.25, 0.3) is 11.5 Å². The lowest BCUT2D eigenvalue weighted by molar-refractivity contribution is 0.0938. The lowest BCUT2D eigenvalue weighted by Crippen LogP contribution is -2.36. The second kappa shape index (κ2) is 8.03. The Morgan fingerprint density at radius 2 is 1.83 bits per heavy atom. The van der Waals surface area contributed by atoms with Gasteiger partial charge in [-0.25, -0.2) is 4.98 Å². The molecule has 2 aliphatic heterocycles. The Balaban J connectivity index is 1.37. The quantitative estimate of drug-likeness (QED) is 0.713. The average Bonchev–Trinajstić information content (AvgIpc) is 3.47. The summed E-state index contributed by atoms with van der Waals surface area (Å²) < 4.78 is 1.75. The van der Waals surface area contributed by atoms with E-state index in [0.29, 0.717) is 23.0 Å². The van der Waals surface area contributed by atoms with Crippen molar-refractivity contribution in [1.82, 2.24) is 19.8 Å². The number of nitrogens with one attached hydrogen (secondary N) is 1. The predicted molar refractivity (Wildman–Crippen MR) is 117 cm³/mol. The number of likely N-dealkylation sites (tertiary alicyclic amines) is 1. The van der Waals surface area contributed by atoms with E-state index < -0.39 is 0 Å². The molecule has 0 radical (unpaired) electrons. The van der Waals surface area contributed by atoms with Gasteiger partial charge in [-0.2, -0.15) is 0 Å². The van der Waals surface area contributed by atoms with Gasteiger partial charge < -0.3 is 5.32 Å². The van der Waals surface area contributed by atoms with Gasteiger partial charge in [-0.3, -0.25) is 19.1 Å². The van der Waals surface area contributed by atoms with Crippen molar-refractivity contribution in [3.8, 4) is 0 Å². The zero-order chi connectivity index (χ0) is 20.5. The van der Waals surface area contributed by atoms with E-state index in [0.717, 1.165) is 38.3 Å². The molecule has 0 unspecified atom stereocenters. The summed E-state index contributed by atoms with van der Waals surface area (Å²) in [5.41, 5.74) is 2.38. The monoisotopic (exact) mass is 402 g/mol. The fraction of sp³-hybridized carbons (Fsp3) is 0.375. The van der Waals surface area contributed by atoms with Crippen LogP contribution in [-0.2, 0) is 13.0 Å². The third kappa shape index (κ3) is 3.52. The number of amides is 1. The Hall–Kier alpha value is -2.99. The highest BCUT2D eigenvalue weighted by Crippen LogP contribution is 2.24. The fourth-order valence-electron chi connectivity index (χ4n) is 4.70. The van der Waals surface area contributed by atoms with Crippen LogP contribution in [0.25, 0.3) is 10.9 Å². The Morgan fingerprint density at radius 3 is 2.63 bits per heavy atom. The van der Waals surface area contributed by atoms with Crippen molar-refractivity contribution in [1.29, 1.82) is 0 Å². The first kappa shape index (κ1) is 19.0. The number of hydrogen-bond donors (Lipinski definition) is 1. The molecule has 2 aliphatic rings. The van der Waals surface area contributed by atoms with Crippen molar-refractivity contribution >= 4 is 16.8 Å². The summed E-state index contributed by atoms with van der Waals surface area (Å²) in [7, 11) is 0. The number of carbonyl (C=O) groups excluding carboxylic acids is 1. The fourth-order valence-corrected chi connectivity index (χ4v) is 4.70. The van der Waals surface area contributed by atoms with Crippen LogP contribution in [0.4, 0.5) is 0 Å². The van der Waals surface area contributed by atoms with Crippen LogP contribution in [0, 0.1) is 0 Å². The van der Waals surface area contributed by atoms with Crippen molar-refractivity contribution in [2.24, 2.45) is 0 Å². The van der Waals surface area contributed by atoms with Gasteiger partial charge in [0.15, 0.2) is 0 Å². The Morgan fingerprint density at radius 1 is 1.03 bits per heavy atom. The van der Waals surface area contributed by atoms with Crippen LogP contribution in [0.15, 0.2) is 53.3 Å². The molecule has 0 saturated carbocycles. The van der Waals surface area contributed by atoms with Crippen LogP contribution in [0.5, 0.6) is 0 Å². The summed E-state index contributed by atoms with van der Waals surface area (Å²) in [4.78, 5) is 32.6. The molecule has 0 aliphatic carbocycles. The summed E-state index contributed by atoms with van der Waals surface area (Å²) in [6.45, 7) is 3.41. The van der Waals surface area contributed by atoms with Crippen molar-refractivity contribution in [3.63, 3.8) is 0 Å². The molecule has 5 rings (SSSR count). The Bertz CT molecular complexity index is 1130. The largest absolute Gasteiger partial charge is 0.350 e. The number of aryl methyl sites for hydroxylation is 1. The van der Waals surface area contributed by atoms with Crippen molar-refractivity contribution in [3.05, 3.63) is 75.8 Å². The lowest BCUT2D eigenvalue weighted by Gasteiger charge is -2.28. The highest BCUT2D eigenvalue weighted by molar-refractivity contribution is 5.97. The molecule has 6 nitrogen and oxygen atoms in total. The maximum atomic E-state index is 12.9. The predicted octanol–water partition coefficient (Wildman–Crippen LogP) is 2.91. The van der Waals surface area contributed by atoms with Crippen LogP contribution >= 0.6 is 0 Å². The van der Waals surface area contributed by atoms with Crippen LogP contribution < -0.4 is 10.9 Å². The van der Waals surface area contributed by atoms with Crippen molar-refractivity contribution in [2.75, 3.05) is 19.6 Å². The van der Waals surface area contributed by atoms with Gasteiger partial charge in [-0.1, -0.05) is 30.3 Å². The maximum Gasteiger partial charge on any atom is 0.261 e. The minimum absolute atomic E-state index is 0.00219. The lowest BCUT2D eigenvalue weighted by atomic mass is 10.1. The van der Waals surface area contributed by atoms with Gasteiger partial charge in [0.2, 0.25) is 0 Å².